The molecule has 108 valence electrons. The summed E-state index contributed by atoms with van der Waals surface area (Å²) in [5.41, 5.74) is 0. The van der Waals surface area contributed by atoms with Gasteiger partial charge in [0, 0.05) is 50.0 Å². The van der Waals surface area contributed by atoms with E-state index in [0.29, 0.717) is 12.1 Å². The minimum atomic E-state index is 0.599. The SMILES string of the molecule is CC(C)N1C=CN(CCCN2C=CN(C(C)C)C2)C1. The van der Waals surface area contributed by atoms with Crippen molar-refractivity contribution in [2.75, 3.05) is 26.4 Å². The first kappa shape index (κ1) is 14.1. The van der Waals surface area contributed by atoms with Gasteiger partial charge >= 0.3 is 0 Å². The van der Waals surface area contributed by atoms with Gasteiger partial charge in [-0.2, -0.15) is 0 Å². The van der Waals surface area contributed by atoms with Crippen LogP contribution in [-0.2, 0) is 0 Å². The van der Waals surface area contributed by atoms with E-state index in [0.717, 1.165) is 26.4 Å². The Kier molecular flexibility index (Phi) is 4.61. The summed E-state index contributed by atoms with van der Waals surface area (Å²) in [7, 11) is 0. The number of hydrogen-bond acceptors (Lipinski definition) is 4. The molecule has 0 bridgehead atoms. The molecular formula is C15H28N4. The predicted octanol–water partition coefficient (Wildman–Crippen LogP) is 2.29. The van der Waals surface area contributed by atoms with E-state index < -0.39 is 0 Å². The minimum Gasteiger partial charge on any atom is -0.359 e. The zero-order valence-corrected chi connectivity index (χ0v) is 12.8. The molecule has 4 nitrogen and oxygen atoms in total. The fraction of sp³-hybridized carbons (Fsp3) is 0.733. The van der Waals surface area contributed by atoms with Gasteiger partial charge in [0.05, 0.1) is 13.3 Å². The number of nitrogens with zero attached hydrogens (tertiary/aromatic N) is 4. The summed E-state index contributed by atoms with van der Waals surface area (Å²) in [4.78, 5) is 9.55. The molecule has 0 atom stereocenters. The Labute approximate surface area is 117 Å². The molecule has 0 unspecified atom stereocenters. The fourth-order valence-corrected chi connectivity index (χ4v) is 2.41. The Hall–Kier alpha value is -1.32. The van der Waals surface area contributed by atoms with E-state index in [2.05, 4.69) is 72.1 Å². The van der Waals surface area contributed by atoms with Gasteiger partial charge in [-0.25, -0.2) is 0 Å². The molecule has 0 aromatic heterocycles. The third kappa shape index (κ3) is 3.82. The quantitative estimate of drug-likeness (QED) is 0.729. The van der Waals surface area contributed by atoms with Gasteiger partial charge in [-0.1, -0.05) is 0 Å². The average molecular weight is 264 g/mol. The molecule has 4 heteroatoms. The first-order chi connectivity index (χ1) is 9.06. The summed E-state index contributed by atoms with van der Waals surface area (Å²) in [6, 6.07) is 1.20. The summed E-state index contributed by atoms with van der Waals surface area (Å²) >= 11 is 0. The highest BCUT2D eigenvalue weighted by Crippen LogP contribution is 2.13. The molecule has 0 aromatic rings. The van der Waals surface area contributed by atoms with Crippen LogP contribution < -0.4 is 0 Å². The minimum absolute atomic E-state index is 0.599. The van der Waals surface area contributed by atoms with Gasteiger partial charge in [0.15, 0.2) is 0 Å². The molecule has 0 saturated carbocycles. The van der Waals surface area contributed by atoms with Crippen LogP contribution in [0.15, 0.2) is 24.8 Å². The second-order valence-corrected chi connectivity index (χ2v) is 6.07. The van der Waals surface area contributed by atoms with Crippen LogP contribution in [0.1, 0.15) is 34.1 Å². The van der Waals surface area contributed by atoms with Crippen molar-refractivity contribution >= 4 is 0 Å². The summed E-state index contributed by atoms with van der Waals surface area (Å²) in [5.74, 6) is 0. The zero-order chi connectivity index (χ0) is 13.8. The van der Waals surface area contributed by atoms with E-state index in [9.17, 15) is 0 Å². The zero-order valence-electron chi connectivity index (χ0n) is 12.8. The Morgan fingerprint density at radius 2 is 1.16 bits per heavy atom. The highest BCUT2D eigenvalue weighted by molar-refractivity contribution is 4.94. The van der Waals surface area contributed by atoms with E-state index in [1.54, 1.807) is 0 Å². The van der Waals surface area contributed by atoms with Crippen LogP contribution in [0.5, 0.6) is 0 Å². The lowest BCUT2D eigenvalue weighted by atomic mass is 10.3. The van der Waals surface area contributed by atoms with Gasteiger partial charge in [0.2, 0.25) is 0 Å². The van der Waals surface area contributed by atoms with Crippen LogP contribution in [0, 0.1) is 0 Å². The third-order valence-electron chi connectivity index (χ3n) is 3.85. The molecule has 2 aliphatic rings. The molecule has 0 aromatic carbocycles. The van der Waals surface area contributed by atoms with Crippen LogP contribution in [0.2, 0.25) is 0 Å². The molecule has 0 aliphatic carbocycles. The van der Waals surface area contributed by atoms with Crippen LogP contribution in [0.25, 0.3) is 0 Å². The van der Waals surface area contributed by atoms with Gasteiger partial charge in [0.25, 0.3) is 0 Å². The molecule has 0 N–H and O–H groups in total. The van der Waals surface area contributed by atoms with E-state index >= 15 is 0 Å². The van der Waals surface area contributed by atoms with Crippen LogP contribution in [-0.4, -0.2) is 58.1 Å². The van der Waals surface area contributed by atoms with Crippen molar-refractivity contribution in [2.24, 2.45) is 0 Å². The Balaban J connectivity index is 1.61. The molecule has 2 heterocycles. The molecule has 0 fully saturated rings. The molecule has 2 aliphatic heterocycles. The third-order valence-corrected chi connectivity index (χ3v) is 3.85. The second-order valence-electron chi connectivity index (χ2n) is 6.07. The van der Waals surface area contributed by atoms with Crippen molar-refractivity contribution in [3.63, 3.8) is 0 Å². The maximum absolute atomic E-state index is 2.40. The summed E-state index contributed by atoms with van der Waals surface area (Å²) in [6.07, 6.45) is 10.1. The smallest absolute Gasteiger partial charge is 0.0896 e. The maximum Gasteiger partial charge on any atom is 0.0896 e. The van der Waals surface area contributed by atoms with Crippen LogP contribution in [0.4, 0.5) is 0 Å². The summed E-state index contributed by atoms with van der Waals surface area (Å²) < 4.78 is 0. The molecule has 0 amide bonds. The van der Waals surface area contributed by atoms with Gasteiger partial charge in [-0.05, 0) is 34.1 Å². The van der Waals surface area contributed by atoms with Crippen molar-refractivity contribution in [3.05, 3.63) is 24.8 Å². The van der Waals surface area contributed by atoms with Gasteiger partial charge in [-0.3, -0.25) is 0 Å². The van der Waals surface area contributed by atoms with Gasteiger partial charge < -0.3 is 19.6 Å². The monoisotopic (exact) mass is 264 g/mol. The van der Waals surface area contributed by atoms with Crippen molar-refractivity contribution in [1.82, 2.24) is 19.6 Å². The van der Waals surface area contributed by atoms with E-state index in [-0.39, 0.29) is 0 Å². The van der Waals surface area contributed by atoms with Gasteiger partial charge in [-0.15, -0.1) is 0 Å². The molecule has 0 saturated heterocycles. The van der Waals surface area contributed by atoms with Crippen molar-refractivity contribution in [2.45, 2.75) is 46.2 Å². The Bertz CT molecular complexity index is 303. The molecule has 19 heavy (non-hydrogen) atoms. The molecule has 0 radical (unpaired) electrons. The van der Waals surface area contributed by atoms with E-state index in [1.165, 1.54) is 6.42 Å². The summed E-state index contributed by atoms with van der Waals surface area (Å²) in [5, 5.41) is 0. The second kappa shape index (κ2) is 6.22. The number of rotatable bonds is 6. The Morgan fingerprint density at radius 1 is 0.737 bits per heavy atom. The fourth-order valence-electron chi connectivity index (χ4n) is 2.41. The first-order valence-electron chi connectivity index (χ1n) is 7.42. The molecular weight excluding hydrogens is 236 g/mol. The lowest BCUT2D eigenvalue weighted by Gasteiger charge is -2.26. The molecule has 0 spiro atoms. The largest absolute Gasteiger partial charge is 0.359 e. The average Bonchev–Trinajstić information content (AvgIpc) is 2.97. The predicted molar refractivity (Wildman–Crippen MR) is 80.0 cm³/mol. The van der Waals surface area contributed by atoms with Crippen LogP contribution in [0.3, 0.4) is 0 Å². The van der Waals surface area contributed by atoms with Gasteiger partial charge in [0.1, 0.15) is 0 Å². The first-order valence-corrected chi connectivity index (χ1v) is 7.42. The van der Waals surface area contributed by atoms with Crippen molar-refractivity contribution in [1.29, 1.82) is 0 Å². The van der Waals surface area contributed by atoms with Crippen molar-refractivity contribution < 1.29 is 0 Å². The normalized spacial score (nSPS) is 18.8. The summed E-state index contributed by atoms with van der Waals surface area (Å²) in [6.45, 7) is 13.3. The molecule has 2 rings (SSSR count). The maximum atomic E-state index is 2.40. The highest BCUT2D eigenvalue weighted by atomic mass is 15.4. The number of hydrogen-bond donors (Lipinski definition) is 0. The van der Waals surface area contributed by atoms with E-state index in [1.807, 2.05) is 0 Å². The topological polar surface area (TPSA) is 13.0 Å². The lowest BCUT2D eigenvalue weighted by molar-refractivity contribution is 0.206. The van der Waals surface area contributed by atoms with Crippen LogP contribution >= 0.6 is 0 Å². The van der Waals surface area contributed by atoms with E-state index in [4.69, 9.17) is 0 Å². The van der Waals surface area contributed by atoms with Crippen molar-refractivity contribution in [3.8, 4) is 0 Å². The highest BCUT2D eigenvalue weighted by Gasteiger charge is 2.16. The Morgan fingerprint density at radius 3 is 1.47 bits per heavy atom. The lowest BCUT2D eigenvalue weighted by Crippen LogP contribution is -2.33. The standard InChI is InChI=1S/C15H28N4/c1-14(2)18-10-8-16(12-18)6-5-7-17-9-11-19(13-17)15(3)4/h8-11,14-15H,5-7,12-13H2,1-4H3.